The number of anilines is 1. The van der Waals surface area contributed by atoms with Crippen LogP contribution < -0.4 is 10.6 Å². The molecule has 3 rings (SSSR count). The van der Waals surface area contributed by atoms with Gasteiger partial charge in [0, 0.05) is 42.8 Å². The Morgan fingerprint density at radius 2 is 2.21 bits per heavy atom. The van der Waals surface area contributed by atoms with Crippen LogP contribution in [0.1, 0.15) is 13.8 Å². The van der Waals surface area contributed by atoms with Crippen LogP contribution in [0.2, 0.25) is 0 Å². The number of hydrogen-bond acceptors (Lipinski definition) is 3. The molecule has 1 aliphatic heterocycles. The van der Waals surface area contributed by atoms with Crippen molar-refractivity contribution in [3.8, 4) is 0 Å². The number of H-pyrrole nitrogens is 1. The van der Waals surface area contributed by atoms with Gasteiger partial charge in [0.25, 0.3) is 0 Å². The lowest BCUT2D eigenvalue weighted by Crippen LogP contribution is -2.43. The molecule has 1 fully saturated rings. The van der Waals surface area contributed by atoms with Crippen LogP contribution in [0.25, 0.3) is 15.9 Å². The second-order valence-electron chi connectivity index (χ2n) is 7.21. The molecule has 0 radical (unpaired) electrons. The zero-order valence-electron chi connectivity index (χ0n) is 15.5. The SMILES string of the molecule is [C-]#[N+]c1cnc2[nH]ccc2c1N[C@H]1CN(C(=O)NCC(F)(F)F)C[C@H]1C(C)C. The third-order valence-electron chi connectivity index (χ3n) is 4.97. The zero-order valence-corrected chi connectivity index (χ0v) is 15.5. The number of pyridine rings is 1. The van der Waals surface area contributed by atoms with Gasteiger partial charge in [-0.3, -0.25) is 4.98 Å². The van der Waals surface area contributed by atoms with Crippen LogP contribution in [0.4, 0.5) is 29.3 Å². The number of carbonyl (C=O) groups is 1. The molecule has 0 bridgehead atoms. The van der Waals surface area contributed by atoms with E-state index in [1.807, 2.05) is 25.2 Å². The highest BCUT2D eigenvalue weighted by atomic mass is 19.4. The van der Waals surface area contributed by atoms with E-state index < -0.39 is 18.8 Å². The molecular formula is C18H21F3N6O. The van der Waals surface area contributed by atoms with E-state index in [1.54, 1.807) is 6.20 Å². The van der Waals surface area contributed by atoms with Gasteiger partial charge in [-0.1, -0.05) is 13.8 Å². The summed E-state index contributed by atoms with van der Waals surface area (Å²) >= 11 is 0. The lowest BCUT2D eigenvalue weighted by molar-refractivity contribution is -0.123. The summed E-state index contributed by atoms with van der Waals surface area (Å²) in [5.74, 6) is 0.218. The maximum atomic E-state index is 12.4. The molecule has 2 amide bonds. The predicted molar refractivity (Wildman–Crippen MR) is 99.1 cm³/mol. The van der Waals surface area contributed by atoms with E-state index in [4.69, 9.17) is 6.57 Å². The number of carbonyl (C=O) groups excluding carboxylic acids is 1. The fraction of sp³-hybridized carbons (Fsp3) is 0.500. The molecule has 28 heavy (non-hydrogen) atoms. The molecule has 7 nitrogen and oxygen atoms in total. The Labute approximate surface area is 160 Å². The van der Waals surface area contributed by atoms with E-state index >= 15 is 0 Å². The largest absolute Gasteiger partial charge is 0.405 e. The van der Waals surface area contributed by atoms with Crippen molar-refractivity contribution in [1.29, 1.82) is 0 Å². The van der Waals surface area contributed by atoms with Gasteiger partial charge in [0.2, 0.25) is 5.69 Å². The van der Waals surface area contributed by atoms with Crippen LogP contribution in [0.3, 0.4) is 0 Å². The van der Waals surface area contributed by atoms with Crippen LogP contribution in [0.5, 0.6) is 0 Å². The topological polar surface area (TPSA) is 77.4 Å². The number of hydrogen-bond donors (Lipinski definition) is 3. The zero-order chi connectivity index (χ0) is 20.5. The van der Waals surface area contributed by atoms with E-state index in [0.717, 1.165) is 5.39 Å². The number of fused-ring (bicyclic) bond motifs is 1. The highest BCUT2D eigenvalue weighted by Crippen LogP contribution is 2.35. The van der Waals surface area contributed by atoms with E-state index in [9.17, 15) is 18.0 Å². The van der Waals surface area contributed by atoms with Crippen molar-refractivity contribution in [2.24, 2.45) is 11.8 Å². The summed E-state index contributed by atoms with van der Waals surface area (Å²) in [7, 11) is 0. The first kappa shape index (κ1) is 19.8. The van der Waals surface area contributed by atoms with Gasteiger partial charge < -0.3 is 20.5 Å². The molecule has 2 atom stereocenters. The molecule has 2 aromatic heterocycles. The van der Waals surface area contributed by atoms with E-state index in [-0.39, 0.29) is 24.4 Å². The van der Waals surface area contributed by atoms with E-state index in [0.29, 0.717) is 23.6 Å². The Morgan fingerprint density at radius 1 is 1.46 bits per heavy atom. The van der Waals surface area contributed by atoms with Gasteiger partial charge >= 0.3 is 12.2 Å². The summed E-state index contributed by atoms with van der Waals surface area (Å²) in [5, 5.41) is 6.05. The Bertz CT molecular complexity index is 901. The number of likely N-dealkylation sites (tertiary alicyclic amines) is 1. The number of amides is 2. The van der Waals surface area contributed by atoms with Crippen molar-refractivity contribution < 1.29 is 18.0 Å². The first-order chi connectivity index (χ1) is 13.2. The lowest BCUT2D eigenvalue weighted by atomic mass is 9.91. The number of aromatic amines is 1. The van der Waals surface area contributed by atoms with E-state index in [2.05, 4.69) is 20.1 Å². The minimum absolute atomic E-state index is 0.0253. The summed E-state index contributed by atoms with van der Waals surface area (Å²) in [6.45, 7) is 10.6. The van der Waals surface area contributed by atoms with Crippen molar-refractivity contribution in [3.63, 3.8) is 0 Å². The molecule has 1 saturated heterocycles. The molecule has 3 heterocycles. The second kappa shape index (κ2) is 7.58. The van der Waals surface area contributed by atoms with Crippen molar-refractivity contribution in [2.75, 3.05) is 25.0 Å². The minimum atomic E-state index is -4.45. The van der Waals surface area contributed by atoms with Crippen molar-refractivity contribution in [1.82, 2.24) is 20.2 Å². The van der Waals surface area contributed by atoms with Crippen molar-refractivity contribution in [3.05, 3.63) is 29.9 Å². The summed E-state index contributed by atoms with van der Waals surface area (Å²) in [5.41, 5.74) is 1.61. The Kier molecular flexibility index (Phi) is 5.36. The molecule has 2 aromatic rings. The third kappa shape index (κ3) is 4.13. The molecule has 0 aromatic carbocycles. The quantitative estimate of drug-likeness (QED) is 0.691. The van der Waals surface area contributed by atoms with Gasteiger partial charge in [-0.15, -0.1) is 0 Å². The van der Waals surface area contributed by atoms with Gasteiger partial charge in [-0.2, -0.15) is 13.2 Å². The smallest absolute Gasteiger partial charge is 0.388 e. The average Bonchev–Trinajstić information content (AvgIpc) is 3.26. The number of halogens is 3. The van der Waals surface area contributed by atoms with Crippen LogP contribution in [-0.4, -0.2) is 52.8 Å². The molecule has 1 aliphatic rings. The van der Waals surface area contributed by atoms with Crippen LogP contribution >= 0.6 is 0 Å². The maximum Gasteiger partial charge on any atom is 0.405 e. The van der Waals surface area contributed by atoms with Gasteiger partial charge in [-0.25, -0.2) is 9.64 Å². The second-order valence-corrected chi connectivity index (χ2v) is 7.21. The molecule has 3 N–H and O–H groups in total. The average molecular weight is 394 g/mol. The number of alkyl halides is 3. The standard InChI is InChI=1S/C18H21F3N6O/c1-10(2)12-7-27(17(28)25-9-18(19,20)21)8-14(12)26-15-11-4-5-23-16(11)24-6-13(15)22-3/h4-6,10,12,14H,7-9H2,1-2H3,(H,25,28)(H2,23,24,26)/t12-,14-/m0/s1. The predicted octanol–water partition coefficient (Wildman–Crippen LogP) is 3.75. The Hall–Kier alpha value is -2.96. The summed E-state index contributed by atoms with van der Waals surface area (Å²) in [6, 6.07) is 0.879. The minimum Gasteiger partial charge on any atom is -0.388 e. The number of nitrogens with one attached hydrogen (secondary N) is 3. The lowest BCUT2D eigenvalue weighted by Gasteiger charge is -2.24. The number of aromatic nitrogens is 2. The Morgan fingerprint density at radius 3 is 2.86 bits per heavy atom. The van der Waals surface area contributed by atoms with Crippen molar-refractivity contribution in [2.45, 2.75) is 26.1 Å². The number of urea groups is 1. The first-order valence-electron chi connectivity index (χ1n) is 8.89. The van der Waals surface area contributed by atoms with Gasteiger partial charge in [0.1, 0.15) is 12.2 Å². The van der Waals surface area contributed by atoms with Crippen LogP contribution in [0, 0.1) is 18.4 Å². The maximum absolute atomic E-state index is 12.4. The number of nitrogens with zero attached hydrogens (tertiary/aromatic N) is 3. The van der Waals surface area contributed by atoms with Gasteiger partial charge in [-0.05, 0) is 12.0 Å². The number of rotatable bonds is 4. The molecule has 0 unspecified atom stereocenters. The fourth-order valence-electron chi connectivity index (χ4n) is 3.53. The normalized spacial score (nSPS) is 19.8. The monoisotopic (exact) mass is 394 g/mol. The highest BCUT2D eigenvalue weighted by molar-refractivity contribution is 5.96. The van der Waals surface area contributed by atoms with E-state index in [1.165, 1.54) is 11.1 Å². The molecule has 0 aliphatic carbocycles. The molecular weight excluding hydrogens is 373 g/mol. The Balaban J connectivity index is 1.81. The molecule has 0 saturated carbocycles. The van der Waals surface area contributed by atoms with Crippen molar-refractivity contribution >= 4 is 28.4 Å². The van der Waals surface area contributed by atoms with Crippen LogP contribution in [0.15, 0.2) is 18.5 Å². The first-order valence-corrected chi connectivity index (χ1v) is 8.89. The van der Waals surface area contributed by atoms with Crippen LogP contribution in [-0.2, 0) is 0 Å². The summed E-state index contributed by atoms with van der Waals surface area (Å²) in [6.07, 6.45) is -1.25. The highest BCUT2D eigenvalue weighted by Gasteiger charge is 2.38. The fourth-order valence-corrected chi connectivity index (χ4v) is 3.53. The molecule has 10 heteroatoms. The van der Waals surface area contributed by atoms with Gasteiger partial charge in [0.05, 0.1) is 12.3 Å². The summed E-state index contributed by atoms with van der Waals surface area (Å²) < 4.78 is 37.2. The third-order valence-corrected chi connectivity index (χ3v) is 4.97. The molecule has 0 spiro atoms. The molecule has 150 valence electrons. The summed E-state index contributed by atoms with van der Waals surface area (Å²) in [4.78, 5) is 24.3. The van der Waals surface area contributed by atoms with Gasteiger partial charge in [0.15, 0.2) is 0 Å².